The molecule has 2 aromatic heterocycles. The Hall–Kier alpha value is -4.20. The molecule has 4 aromatic rings. The third-order valence-corrected chi connectivity index (χ3v) is 5.62. The lowest BCUT2D eigenvalue weighted by Gasteiger charge is -2.30. The highest BCUT2D eigenvalue weighted by molar-refractivity contribution is 6.10. The first kappa shape index (κ1) is 20.7. The Bertz CT molecular complexity index is 1350. The summed E-state index contributed by atoms with van der Waals surface area (Å²) in [6.45, 7) is 3.80. The number of aromatic nitrogens is 4. The summed E-state index contributed by atoms with van der Waals surface area (Å²) >= 11 is 0. The van der Waals surface area contributed by atoms with Crippen LogP contribution in [0.15, 0.2) is 78.0 Å². The van der Waals surface area contributed by atoms with Crippen LogP contribution in [-0.4, -0.2) is 31.4 Å². The maximum Gasteiger partial charge on any atom is 0.248 e. The summed E-state index contributed by atoms with van der Waals surface area (Å²) < 4.78 is 15.3. The normalized spacial score (nSPS) is 17.2. The maximum absolute atomic E-state index is 13.7. The first-order chi connectivity index (χ1) is 16.0. The summed E-state index contributed by atoms with van der Waals surface area (Å²) in [5.41, 5.74) is 3.86. The van der Waals surface area contributed by atoms with E-state index in [2.05, 4.69) is 20.3 Å². The molecule has 0 fully saturated rings. The molecule has 0 saturated carbocycles. The number of halogens is 1. The van der Waals surface area contributed by atoms with Gasteiger partial charge in [0, 0.05) is 17.5 Å². The smallest absolute Gasteiger partial charge is 0.248 e. The van der Waals surface area contributed by atoms with E-state index in [0.717, 1.165) is 16.7 Å². The first-order valence-corrected chi connectivity index (χ1v) is 10.5. The quantitative estimate of drug-likeness (QED) is 0.497. The Balaban J connectivity index is 1.60. The molecule has 0 saturated heterocycles. The van der Waals surface area contributed by atoms with E-state index in [-0.39, 0.29) is 11.7 Å². The summed E-state index contributed by atoms with van der Waals surface area (Å²) in [4.78, 5) is 26.7. The van der Waals surface area contributed by atoms with Gasteiger partial charge in [-0.25, -0.2) is 14.1 Å². The van der Waals surface area contributed by atoms with Gasteiger partial charge >= 0.3 is 0 Å². The molecular formula is C25H21FN6O. The van der Waals surface area contributed by atoms with Gasteiger partial charge in [0.15, 0.2) is 5.82 Å². The van der Waals surface area contributed by atoms with Crippen LogP contribution in [0.3, 0.4) is 0 Å². The van der Waals surface area contributed by atoms with Gasteiger partial charge in [-0.15, -0.1) is 5.10 Å². The predicted molar refractivity (Wildman–Crippen MR) is 124 cm³/mol. The highest BCUT2D eigenvalue weighted by atomic mass is 19.1. The van der Waals surface area contributed by atoms with Crippen molar-refractivity contribution >= 4 is 23.3 Å². The summed E-state index contributed by atoms with van der Waals surface area (Å²) in [7, 11) is 0. The number of amides is 1. The Labute approximate surface area is 190 Å². The number of pyridine rings is 1. The summed E-state index contributed by atoms with van der Waals surface area (Å²) in [5, 5.41) is 7.64. The van der Waals surface area contributed by atoms with Crippen LogP contribution in [0.1, 0.15) is 24.1 Å². The fourth-order valence-electron chi connectivity index (χ4n) is 4.06. The number of carbonyl (C=O) groups excluding carboxylic acids is 1. The van der Waals surface area contributed by atoms with Crippen molar-refractivity contribution < 1.29 is 9.18 Å². The number of aryl methyl sites for hydroxylation is 1. The van der Waals surface area contributed by atoms with Gasteiger partial charge in [-0.05, 0) is 49.7 Å². The molecule has 7 nitrogen and oxygen atoms in total. The summed E-state index contributed by atoms with van der Waals surface area (Å²) in [6.07, 6.45) is 3.22. The van der Waals surface area contributed by atoms with Crippen LogP contribution < -0.4 is 5.32 Å². The number of fused-ring (bicyclic) bond motifs is 1. The van der Waals surface area contributed by atoms with E-state index in [1.165, 1.54) is 12.1 Å². The minimum atomic E-state index is -0.671. The van der Waals surface area contributed by atoms with Gasteiger partial charge in [0.2, 0.25) is 11.9 Å². The second-order valence-electron chi connectivity index (χ2n) is 8.01. The van der Waals surface area contributed by atoms with Crippen LogP contribution in [0.2, 0.25) is 0 Å². The van der Waals surface area contributed by atoms with Crippen molar-refractivity contribution in [3.05, 3.63) is 90.0 Å². The molecule has 5 rings (SSSR count). The molecule has 1 aliphatic heterocycles. The van der Waals surface area contributed by atoms with Gasteiger partial charge in [0.05, 0.1) is 17.9 Å². The zero-order valence-electron chi connectivity index (χ0n) is 18.1. The molecule has 1 aliphatic rings. The van der Waals surface area contributed by atoms with Gasteiger partial charge in [-0.3, -0.25) is 9.78 Å². The van der Waals surface area contributed by atoms with E-state index in [1.807, 2.05) is 31.2 Å². The van der Waals surface area contributed by atoms with Crippen LogP contribution in [-0.2, 0) is 4.79 Å². The zero-order valence-corrected chi connectivity index (χ0v) is 18.1. The molecule has 3 heterocycles. The average Bonchev–Trinajstić information content (AvgIpc) is 3.23. The second kappa shape index (κ2) is 8.38. The van der Waals surface area contributed by atoms with Crippen molar-refractivity contribution in [1.29, 1.82) is 0 Å². The highest BCUT2D eigenvalue weighted by Gasteiger charge is 2.39. The maximum atomic E-state index is 13.7. The molecule has 0 bridgehead atoms. The Kier molecular flexibility index (Phi) is 5.26. The molecule has 8 heteroatoms. The fourth-order valence-corrected chi connectivity index (χ4v) is 4.06. The molecule has 2 atom stereocenters. The number of nitrogens with zero attached hydrogens (tertiary/aromatic N) is 5. The second-order valence-corrected chi connectivity index (χ2v) is 8.01. The Morgan fingerprint density at radius 1 is 1.06 bits per heavy atom. The Morgan fingerprint density at radius 2 is 1.88 bits per heavy atom. The SMILES string of the molecule is CC1=Nc2nc(-c3cccc(C)c3)nn2C(c2ccc(F)cc2)C1C(=O)Nc1cccnc1. The van der Waals surface area contributed by atoms with Gasteiger partial charge < -0.3 is 5.32 Å². The number of anilines is 1. The molecular weight excluding hydrogens is 419 g/mol. The molecule has 0 aliphatic carbocycles. The molecule has 164 valence electrons. The van der Waals surface area contributed by atoms with E-state index in [4.69, 9.17) is 5.10 Å². The lowest BCUT2D eigenvalue weighted by atomic mass is 9.87. The third kappa shape index (κ3) is 4.03. The number of hydrogen-bond acceptors (Lipinski definition) is 5. The lowest BCUT2D eigenvalue weighted by Crippen LogP contribution is -2.39. The van der Waals surface area contributed by atoms with E-state index in [0.29, 0.717) is 23.2 Å². The van der Waals surface area contributed by atoms with Gasteiger partial charge in [-0.1, -0.05) is 35.9 Å². The largest absolute Gasteiger partial charge is 0.324 e. The van der Waals surface area contributed by atoms with E-state index in [1.54, 1.807) is 48.3 Å². The summed E-state index contributed by atoms with van der Waals surface area (Å²) in [5.74, 6) is -0.350. The Morgan fingerprint density at radius 3 is 2.61 bits per heavy atom. The van der Waals surface area contributed by atoms with Crippen molar-refractivity contribution in [1.82, 2.24) is 19.7 Å². The van der Waals surface area contributed by atoms with Crippen molar-refractivity contribution in [3.8, 4) is 11.4 Å². The number of aliphatic imine (C=N–C) groups is 1. The topological polar surface area (TPSA) is 85.1 Å². The first-order valence-electron chi connectivity index (χ1n) is 10.5. The van der Waals surface area contributed by atoms with Crippen LogP contribution >= 0.6 is 0 Å². The minimum absolute atomic E-state index is 0.253. The van der Waals surface area contributed by atoms with Crippen LogP contribution in [0.25, 0.3) is 11.4 Å². The van der Waals surface area contributed by atoms with Gasteiger partial charge in [-0.2, -0.15) is 4.98 Å². The number of benzene rings is 2. The van der Waals surface area contributed by atoms with E-state index in [9.17, 15) is 9.18 Å². The predicted octanol–water partition coefficient (Wildman–Crippen LogP) is 4.74. The lowest BCUT2D eigenvalue weighted by molar-refractivity contribution is -0.118. The number of carbonyl (C=O) groups is 1. The molecule has 0 spiro atoms. The van der Waals surface area contributed by atoms with Crippen molar-refractivity contribution in [3.63, 3.8) is 0 Å². The standard InChI is InChI=1S/C25H21FN6O/c1-15-5-3-6-18(13-15)23-30-25-28-16(2)21(24(33)29-20-7-4-12-27-14-20)22(32(25)31-23)17-8-10-19(26)11-9-17/h3-14,21-22H,1-2H3,(H,29,33). The molecule has 33 heavy (non-hydrogen) atoms. The molecule has 0 radical (unpaired) electrons. The van der Waals surface area contributed by atoms with E-state index >= 15 is 0 Å². The monoisotopic (exact) mass is 440 g/mol. The van der Waals surface area contributed by atoms with Crippen LogP contribution in [0.4, 0.5) is 16.0 Å². The molecule has 1 N–H and O–H groups in total. The third-order valence-electron chi connectivity index (χ3n) is 5.62. The van der Waals surface area contributed by atoms with Crippen molar-refractivity contribution in [2.45, 2.75) is 19.9 Å². The van der Waals surface area contributed by atoms with Gasteiger partial charge in [0.25, 0.3) is 0 Å². The molecule has 2 aromatic carbocycles. The fraction of sp³-hybridized carbons (Fsp3) is 0.160. The van der Waals surface area contributed by atoms with Crippen molar-refractivity contribution in [2.24, 2.45) is 10.9 Å². The molecule has 1 amide bonds. The summed E-state index contributed by atoms with van der Waals surface area (Å²) in [6, 6.07) is 16.9. The molecule has 2 unspecified atom stereocenters. The zero-order chi connectivity index (χ0) is 22.9. The highest BCUT2D eigenvalue weighted by Crippen LogP contribution is 2.37. The van der Waals surface area contributed by atoms with Gasteiger partial charge in [0.1, 0.15) is 11.7 Å². The van der Waals surface area contributed by atoms with Crippen LogP contribution in [0, 0.1) is 18.7 Å². The average molecular weight is 440 g/mol. The van der Waals surface area contributed by atoms with E-state index < -0.39 is 12.0 Å². The number of nitrogens with one attached hydrogen (secondary N) is 1. The number of rotatable bonds is 4. The van der Waals surface area contributed by atoms with Crippen LogP contribution in [0.5, 0.6) is 0 Å². The number of hydrogen-bond donors (Lipinski definition) is 1. The van der Waals surface area contributed by atoms with Crippen molar-refractivity contribution in [2.75, 3.05) is 5.32 Å². The minimum Gasteiger partial charge on any atom is -0.324 e.